The molecular formula is C21H41N2O12+. The van der Waals surface area contributed by atoms with Gasteiger partial charge in [-0.05, 0) is 0 Å². The summed E-state index contributed by atoms with van der Waals surface area (Å²) in [6.07, 6.45) is -8.22. The molecule has 1 heterocycles. The summed E-state index contributed by atoms with van der Waals surface area (Å²) in [4.78, 5) is 22.6. The van der Waals surface area contributed by atoms with Crippen molar-refractivity contribution < 1.29 is 63.3 Å². The van der Waals surface area contributed by atoms with E-state index in [0.717, 1.165) is 0 Å². The molecule has 14 heteroatoms. The number of quaternary nitrogens is 1. The molecule has 35 heavy (non-hydrogen) atoms. The lowest BCUT2D eigenvalue weighted by atomic mass is 9.98. The zero-order chi connectivity index (χ0) is 26.3. The lowest BCUT2D eigenvalue weighted by Crippen LogP contribution is -2.61. The predicted molar refractivity (Wildman–Crippen MR) is 119 cm³/mol. The molecule has 0 saturated carbocycles. The number of carboxylic acids is 1. The largest absolute Gasteiger partial charge is 0.481 e. The van der Waals surface area contributed by atoms with Crippen LogP contribution < -0.4 is 5.32 Å². The second-order valence-electron chi connectivity index (χ2n) is 8.69. The molecule has 1 rings (SSSR count). The fourth-order valence-electron chi connectivity index (χ4n) is 3.01. The molecule has 1 aliphatic rings. The molecule has 14 nitrogen and oxygen atoms in total. The van der Waals surface area contributed by atoms with E-state index < -0.39 is 42.6 Å². The van der Waals surface area contributed by atoms with Gasteiger partial charge in [-0.3, -0.25) is 9.59 Å². The number of rotatable bonds is 19. The first-order valence-corrected chi connectivity index (χ1v) is 11.6. The van der Waals surface area contributed by atoms with Gasteiger partial charge in [0.05, 0.1) is 79.9 Å². The fourth-order valence-corrected chi connectivity index (χ4v) is 3.01. The van der Waals surface area contributed by atoms with Crippen molar-refractivity contribution in [1.82, 2.24) is 5.32 Å². The maximum absolute atomic E-state index is 12.0. The number of carbonyl (C=O) groups excluding carboxylic acids is 1. The van der Waals surface area contributed by atoms with Crippen molar-refractivity contribution in [3.63, 3.8) is 0 Å². The lowest BCUT2D eigenvalue weighted by molar-refractivity contribution is -0.890. The summed E-state index contributed by atoms with van der Waals surface area (Å²) >= 11 is 0. The van der Waals surface area contributed by atoms with Gasteiger partial charge >= 0.3 is 5.97 Å². The van der Waals surface area contributed by atoms with Gasteiger partial charge in [0.15, 0.2) is 12.4 Å². The van der Waals surface area contributed by atoms with Crippen molar-refractivity contribution in [3.8, 4) is 0 Å². The SMILES string of the molecule is C[N+](C)(CCOCCOCCOCCOCCNC(=O)C1OC(O)C(O)C(O)C1O)CCC(=O)O. The van der Waals surface area contributed by atoms with Gasteiger partial charge in [0, 0.05) is 6.54 Å². The average molecular weight is 514 g/mol. The van der Waals surface area contributed by atoms with Gasteiger partial charge in [-0.15, -0.1) is 0 Å². The average Bonchev–Trinajstić information content (AvgIpc) is 2.81. The highest BCUT2D eigenvalue weighted by Crippen LogP contribution is 2.19. The lowest BCUT2D eigenvalue weighted by Gasteiger charge is -2.37. The van der Waals surface area contributed by atoms with Crippen molar-refractivity contribution in [2.45, 2.75) is 37.1 Å². The van der Waals surface area contributed by atoms with E-state index in [-0.39, 0.29) is 19.6 Å². The van der Waals surface area contributed by atoms with Crippen molar-refractivity contribution in [1.29, 1.82) is 0 Å². The zero-order valence-corrected chi connectivity index (χ0v) is 20.4. The third-order valence-corrected chi connectivity index (χ3v) is 5.28. The Morgan fingerprint density at radius 2 is 1.29 bits per heavy atom. The second kappa shape index (κ2) is 17.1. The maximum atomic E-state index is 12.0. The van der Waals surface area contributed by atoms with E-state index in [9.17, 15) is 30.0 Å². The van der Waals surface area contributed by atoms with Crippen LogP contribution in [0.5, 0.6) is 0 Å². The van der Waals surface area contributed by atoms with Crippen molar-refractivity contribution in [3.05, 3.63) is 0 Å². The van der Waals surface area contributed by atoms with Crippen LogP contribution in [0, 0.1) is 0 Å². The fraction of sp³-hybridized carbons (Fsp3) is 0.905. The number of nitrogens with one attached hydrogen (secondary N) is 1. The van der Waals surface area contributed by atoms with Crippen LogP contribution in [0.3, 0.4) is 0 Å². The Balaban J connectivity index is 1.90. The Bertz CT molecular complexity index is 609. The summed E-state index contributed by atoms with van der Waals surface area (Å²) in [5, 5.41) is 49.4. The molecule has 0 aromatic carbocycles. The maximum Gasteiger partial charge on any atom is 0.309 e. The smallest absolute Gasteiger partial charge is 0.309 e. The van der Waals surface area contributed by atoms with Crippen LogP contribution in [0.2, 0.25) is 0 Å². The number of aliphatic carboxylic acids is 1. The first-order chi connectivity index (χ1) is 16.5. The number of ether oxygens (including phenoxy) is 5. The number of amides is 1. The van der Waals surface area contributed by atoms with E-state index in [1.807, 2.05) is 14.1 Å². The van der Waals surface area contributed by atoms with Gasteiger partial charge in [0.1, 0.15) is 24.9 Å². The van der Waals surface area contributed by atoms with Crippen LogP contribution in [0.1, 0.15) is 6.42 Å². The highest BCUT2D eigenvalue weighted by atomic mass is 16.6. The van der Waals surface area contributed by atoms with Crippen LogP contribution in [0.4, 0.5) is 0 Å². The summed E-state index contributed by atoms with van der Waals surface area (Å²) in [5.74, 6) is -1.55. The Labute approximate surface area is 204 Å². The molecule has 1 saturated heterocycles. The Kier molecular flexibility index (Phi) is 15.4. The van der Waals surface area contributed by atoms with Gasteiger partial charge in [-0.2, -0.15) is 0 Å². The van der Waals surface area contributed by atoms with Crippen molar-refractivity contribution >= 4 is 11.9 Å². The van der Waals surface area contributed by atoms with E-state index in [2.05, 4.69) is 5.32 Å². The van der Waals surface area contributed by atoms with E-state index in [1.54, 1.807) is 0 Å². The minimum Gasteiger partial charge on any atom is -0.481 e. The zero-order valence-electron chi connectivity index (χ0n) is 20.4. The van der Waals surface area contributed by atoms with E-state index in [0.29, 0.717) is 63.8 Å². The highest BCUT2D eigenvalue weighted by Gasteiger charge is 2.46. The summed E-state index contributed by atoms with van der Waals surface area (Å²) in [6, 6.07) is 0. The van der Waals surface area contributed by atoms with Crippen molar-refractivity contribution in [2.75, 3.05) is 86.6 Å². The topological polar surface area (TPSA) is 193 Å². The first-order valence-electron chi connectivity index (χ1n) is 11.6. The summed E-state index contributed by atoms with van der Waals surface area (Å²) in [6.45, 7) is 4.33. The van der Waals surface area contributed by atoms with E-state index >= 15 is 0 Å². The van der Waals surface area contributed by atoms with Crippen molar-refractivity contribution in [2.24, 2.45) is 0 Å². The second-order valence-corrected chi connectivity index (χ2v) is 8.69. The standard InChI is InChI=1S/C21H40N2O12/c1-23(2,5-3-15(24)25)6-8-32-10-12-34-14-13-33-11-9-31-7-4-22-20(29)19-17(27)16(26)18(28)21(30)35-19/h16-19,21,26-28,30H,3-14H2,1-2H3,(H-,22,24,25,29)/p+1. The molecule has 5 atom stereocenters. The summed E-state index contributed by atoms with van der Waals surface area (Å²) in [5.41, 5.74) is 0. The minimum atomic E-state index is -1.78. The van der Waals surface area contributed by atoms with Crippen LogP contribution in [0.15, 0.2) is 0 Å². The normalized spacial score (nSPS) is 24.9. The van der Waals surface area contributed by atoms with Gasteiger partial charge in [0.25, 0.3) is 5.91 Å². The monoisotopic (exact) mass is 513 g/mol. The minimum absolute atomic E-state index is 0.110. The molecule has 1 aliphatic heterocycles. The number of likely N-dealkylation sites (N-methyl/N-ethyl adjacent to an activating group) is 1. The molecule has 0 bridgehead atoms. The number of carboxylic acid groups (broad SMARTS) is 1. The molecule has 0 radical (unpaired) electrons. The molecular weight excluding hydrogens is 472 g/mol. The molecule has 0 spiro atoms. The molecule has 0 aliphatic carbocycles. The predicted octanol–water partition coefficient (Wildman–Crippen LogP) is -3.48. The number of nitrogens with zero attached hydrogens (tertiary/aromatic N) is 1. The molecule has 1 fully saturated rings. The van der Waals surface area contributed by atoms with E-state index in [1.165, 1.54) is 0 Å². The Morgan fingerprint density at radius 3 is 1.83 bits per heavy atom. The number of aliphatic hydroxyl groups excluding tert-OH is 4. The first kappa shape index (κ1) is 31.6. The van der Waals surface area contributed by atoms with Crippen LogP contribution >= 0.6 is 0 Å². The molecule has 0 aromatic heterocycles. The van der Waals surface area contributed by atoms with Gasteiger partial charge < -0.3 is 59.0 Å². The number of hydrogen-bond donors (Lipinski definition) is 6. The highest BCUT2D eigenvalue weighted by molar-refractivity contribution is 5.81. The third kappa shape index (κ3) is 13.4. The Morgan fingerprint density at radius 1 is 0.771 bits per heavy atom. The third-order valence-electron chi connectivity index (χ3n) is 5.28. The Hall–Kier alpha value is -1.46. The number of carbonyl (C=O) groups is 2. The van der Waals surface area contributed by atoms with Gasteiger partial charge in [-0.1, -0.05) is 0 Å². The molecule has 5 unspecified atom stereocenters. The quantitative estimate of drug-likeness (QED) is 0.0739. The molecule has 6 N–H and O–H groups in total. The molecule has 1 amide bonds. The van der Waals surface area contributed by atoms with Gasteiger partial charge in [0.2, 0.25) is 0 Å². The van der Waals surface area contributed by atoms with E-state index in [4.69, 9.17) is 28.8 Å². The molecule has 206 valence electrons. The summed E-state index contributed by atoms with van der Waals surface area (Å²) < 4.78 is 27.0. The van der Waals surface area contributed by atoms with Gasteiger partial charge in [-0.25, -0.2) is 0 Å². The van der Waals surface area contributed by atoms with Crippen LogP contribution in [-0.4, -0.2) is 159 Å². The molecule has 0 aromatic rings. The number of aliphatic hydroxyl groups is 4. The van der Waals surface area contributed by atoms with Crippen LogP contribution in [-0.2, 0) is 33.3 Å². The van der Waals surface area contributed by atoms with Crippen LogP contribution in [0.25, 0.3) is 0 Å². The summed E-state index contributed by atoms with van der Waals surface area (Å²) in [7, 11) is 3.92. The number of hydrogen-bond acceptors (Lipinski definition) is 11.